The fraction of sp³-hybridized carbons (Fsp3) is 0.167. The molecule has 0 radical (unpaired) electrons. The van der Waals surface area contributed by atoms with Gasteiger partial charge in [-0.1, -0.05) is 36.0 Å². The van der Waals surface area contributed by atoms with Crippen molar-refractivity contribution in [2.75, 3.05) is 17.7 Å². The highest BCUT2D eigenvalue weighted by Crippen LogP contribution is 2.25. The molecule has 0 aliphatic carbocycles. The van der Waals surface area contributed by atoms with Crippen LogP contribution >= 0.6 is 11.8 Å². The molecule has 0 aliphatic heterocycles. The summed E-state index contributed by atoms with van der Waals surface area (Å²) in [5.41, 5.74) is 0.858. The molecule has 0 saturated heterocycles. The summed E-state index contributed by atoms with van der Waals surface area (Å²) >= 11 is 1.34. The molecule has 0 spiro atoms. The van der Waals surface area contributed by atoms with Crippen LogP contribution in [0.2, 0.25) is 0 Å². The van der Waals surface area contributed by atoms with Gasteiger partial charge in [0.2, 0.25) is 11.7 Å². The van der Waals surface area contributed by atoms with Crippen LogP contribution in [0.25, 0.3) is 11.6 Å². The number of nitrogens with zero attached hydrogens (tertiary/aromatic N) is 4. The Morgan fingerprint density at radius 1 is 1.28 bits per heavy atom. The summed E-state index contributed by atoms with van der Waals surface area (Å²) in [4.78, 5) is 14.1. The van der Waals surface area contributed by atoms with Gasteiger partial charge in [-0.15, -0.1) is 16.8 Å². The number of allylic oxidation sites excluding steroid dienone is 1. The quantitative estimate of drug-likeness (QED) is 0.480. The lowest BCUT2D eigenvalue weighted by molar-refractivity contribution is -0.115. The Bertz CT molecular complexity index is 843. The van der Waals surface area contributed by atoms with Crippen molar-refractivity contribution in [1.82, 2.24) is 14.8 Å². The Kier molecular flexibility index (Phi) is 5.35. The topological polar surface area (TPSA) is 64.2 Å². The lowest BCUT2D eigenvalue weighted by atomic mass is 10.3. The molecule has 25 heavy (non-hydrogen) atoms. The zero-order chi connectivity index (χ0) is 17.6. The van der Waals surface area contributed by atoms with Gasteiger partial charge in [-0.05, 0) is 24.3 Å². The van der Waals surface area contributed by atoms with Crippen molar-refractivity contribution in [3.05, 3.63) is 61.4 Å². The maximum Gasteiger partial charge on any atom is 0.237 e. The van der Waals surface area contributed by atoms with E-state index in [1.807, 2.05) is 41.0 Å². The molecule has 0 N–H and O–H groups in total. The maximum absolute atomic E-state index is 12.4. The molecule has 7 heteroatoms. The number of benzene rings is 1. The fourth-order valence-electron chi connectivity index (χ4n) is 2.30. The smallest absolute Gasteiger partial charge is 0.237 e. The highest BCUT2D eigenvalue weighted by Gasteiger charge is 2.18. The number of para-hydroxylation sites is 1. The summed E-state index contributed by atoms with van der Waals surface area (Å²) in [7, 11) is 1.76. The van der Waals surface area contributed by atoms with E-state index in [2.05, 4.69) is 16.8 Å². The molecule has 3 aromatic rings. The number of hydrogen-bond acceptors (Lipinski definition) is 5. The number of carbonyl (C=O) groups is 1. The second kappa shape index (κ2) is 7.85. The van der Waals surface area contributed by atoms with Crippen LogP contribution in [0.15, 0.2) is 71.0 Å². The Labute approximate surface area is 150 Å². The molecule has 1 aromatic carbocycles. The molecule has 0 bridgehead atoms. The summed E-state index contributed by atoms with van der Waals surface area (Å²) in [5, 5.41) is 9.03. The van der Waals surface area contributed by atoms with Crippen LogP contribution in [0.4, 0.5) is 5.69 Å². The van der Waals surface area contributed by atoms with Crippen molar-refractivity contribution in [2.24, 2.45) is 0 Å². The number of amides is 1. The van der Waals surface area contributed by atoms with E-state index < -0.39 is 0 Å². The zero-order valence-electron chi connectivity index (χ0n) is 13.8. The van der Waals surface area contributed by atoms with Gasteiger partial charge in [-0.2, -0.15) is 0 Å². The Morgan fingerprint density at radius 2 is 2.08 bits per heavy atom. The number of aromatic nitrogens is 3. The fourth-order valence-corrected chi connectivity index (χ4v) is 3.16. The largest absolute Gasteiger partial charge is 0.461 e. The number of hydrogen-bond donors (Lipinski definition) is 0. The minimum Gasteiger partial charge on any atom is -0.461 e. The van der Waals surface area contributed by atoms with Crippen molar-refractivity contribution >= 4 is 23.4 Å². The summed E-state index contributed by atoms with van der Waals surface area (Å²) in [6.45, 7) is 4.31. The van der Waals surface area contributed by atoms with Crippen molar-refractivity contribution in [3.63, 3.8) is 0 Å². The average Bonchev–Trinajstić information content (AvgIpc) is 3.30. The van der Waals surface area contributed by atoms with Crippen LogP contribution in [0, 0.1) is 0 Å². The molecule has 1 amide bonds. The van der Waals surface area contributed by atoms with Crippen molar-refractivity contribution in [2.45, 2.75) is 11.7 Å². The molecule has 0 atom stereocenters. The molecular formula is C18H18N4O2S. The predicted molar refractivity (Wildman–Crippen MR) is 98.5 cm³/mol. The van der Waals surface area contributed by atoms with E-state index in [0.717, 1.165) is 5.69 Å². The molecule has 128 valence electrons. The van der Waals surface area contributed by atoms with E-state index in [-0.39, 0.29) is 11.7 Å². The van der Waals surface area contributed by atoms with Crippen LogP contribution in [0.3, 0.4) is 0 Å². The van der Waals surface area contributed by atoms with Crippen LogP contribution in [0.5, 0.6) is 0 Å². The average molecular weight is 354 g/mol. The second-order valence-electron chi connectivity index (χ2n) is 5.26. The number of rotatable bonds is 7. The molecule has 2 aromatic heterocycles. The Balaban J connectivity index is 1.73. The third-order valence-corrected chi connectivity index (χ3v) is 4.56. The molecule has 0 aliphatic rings. The van der Waals surface area contributed by atoms with Gasteiger partial charge in [-0.25, -0.2) is 0 Å². The second-order valence-corrected chi connectivity index (χ2v) is 6.20. The number of carbonyl (C=O) groups excluding carboxylic acids is 1. The Hall–Kier alpha value is -2.80. The SMILES string of the molecule is C=CCn1c(SCC(=O)N(C)c2ccccc2)nnc1-c1ccco1. The molecule has 0 unspecified atom stereocenters. The van der Waals surface area contributed by atoms with Gasteiger partial charge in [0.25, 0.3) is 0 Å². The Morgan fingerprint density at radius 3 is 2.76 bits per heavy atom. The first-order valence-corrected chi connectivity index (χ1v) is 8.71. The van der Waals surface area contributed by atoms with Crippen LogP contribution in [-0.2, 0) is 11.3 Å². The highest BCUT2D eigenvalue weighted by atomic mass is 32.2. The van der Waals surface area contributed by atoms with E-state index in [4.69, 9.17) is 4.42 Å². The van der Waals surface area contributed by atoms with Crippen molar-refractivity contribution < 1.29 is 9.21 Å². The van der Waals surface area contributed by atoms with E-state index in [9.17, 15) is 4.79 Å². The number of thioether (sulfide) groups is 1. The van der Waals surface area contributed by atoms with Gasteiger partial charge in [0.15, 0.2) is 10.9 Å². The molecular weight excluding hydrogens is 336 g/mol. The van der Waals surface area contributed by atoms with E-state index in [0.29, 0.717) is 23.3 Å². The monoisotopic (exact) mass is 354 g/mol. The van der Waals surface area contributed by atoms with Crippen LogP contribution in [-0.4, -0.2) is 33.5 Å². The van der Waals surface area contributed by atoms with Crippen LogP contribution in [0.1, 0.15) is 0 Å². The minimum atomic E-state index is -0.0103. The molecule has 0 saturated carbocycles. The normalized spacial score (nSPS) is 10.6. The molecule has 2 heterocycles. The summed E-state index contributed by atoms with van der Waals surface area (Å²) < 4.78 is 7.28. The molecule has 6 nitrogen and oxygen atoms in total. The van der Waals surface area contributed by atoms with E-state index in [1.54, 1.807) is 30.4 Å². The summed E-state index contributed by atoms with van der Waals surface area (Å²) in [6.07, 6.45) is 3.35. The third-order valence-electron chi connectivity index (χ3n) is 3.61. The van der Waals surface area contributed by atoms with Gasteiger partial charge in [0.1, 0.15) is 0 Å². The minimum absolute atomic E-state index is 0.0103. The highest BCUT2D eigenvalue weighted by molar-refractivity contribution is 7.99. The lowest BCUT2D eigenvalue weighted by Crippen LogP contribution is -2.27. The predicted octanol–water partition coefficient (Wildman–Crippen LogP) is 3.48. The van der Waals surface area contributed by atoms with E-state index >= 15 is 0 Å². The third kappa shape index (κ3) is 3.83. The lowest BCUT2D eigenvalue weighted by Gasteiger charge is -2.16. The van der Waals surface area contributed by atoms with Gasteiger partial charge in [-0.3, -0.25) is 9.36 Å². The first-order chi connectivity index (χ1) is 12.2. The molecule has 0 fully saturated rings. The first kappa shape index (κ1) is 17.0. The number of anilines is 1. The molecule has 3 rings (SSSR count). The van der Waals surface area contributed by atoms with Crippen molar-refractivity contribution in [3.8, 4) is 11.6 Å². The van der Waals surface area contributed by atoms with Crippen LogP contribution < -0.4 is 4.90 Å². The van der Waals surface area contributed by atoms with Gasteiger partial charge in [0.05, 0.1) is 12.0 Å². The number of furan rings is 1. The van der Waals surface area contributed by atoms with Crippen molar-refractivity contribution in [1.29, 1.82) is 0 Å². The van der Waals surface area contributed by atoms with Gasteiger partial charge >= 0.3 is 0 Å². The maximum atomic E-state index is 12.4. The standard InChI is InChI=1S/C18H18N4O2S/c1-3-11-22-17(15-10-7-12-24-15)19-20-18(22)25-13-16(23)21(2)14-8-5-4-6-9-14/h3-10,12H,1,11,13H2,2H3. The zero-order valence-corrected chi connectivity index (χ0v) is 14.6. The summed E-state index contributed by atoms with van der Waals surface area (Å²) in [6, 6.07) is 13.2. The summed E-state index contributed by atoms with van der Waals surface area (Å²) in [5.74, 6) is 1.51. The van der Waals surface area contributed by atoms with Gasteiger partial charge < -0.3 is 9.32 Å². The first-order valence-electron chi connectivity index (χ1n) is 7.73. The van der Waals surface area contributed by atoms with E-state index in [1.165, 1.54) is 11.8 Å². The van der Waals surface area contributed by atoms with Gasteiger partial charge in [0, 0.05) is 19.3 Å².